The van der Waals surface area contributed by atoms with E-state index in [9.17, 15) is 24.3 Å². The van der Waals surface area contributed by atoms with Gasteiger partial charge in [-0.2, -0.15) is 0 Å². The maximum absolute atomic E-state index is 13.0. The van der Waals surface area contributed by atoms with Crippen molar-refractivity contribution in [2.24, 2.45) is 0 Å². The minimum Gasteiger partial charge on any atom is -0.545 e. The summed E-state index contributed by atoms with van der Waals surface area (Å²) in [6.07, 6.45) is 1.38. The van der Waals surface area contributed by atoms with Gasteiger partial charge in [0.15, 0.2) is 0 Å². The number of ether oxygens (including phenoxy) is 1. The molecule has 0 aliphatic carbocycles. The second kappa shape index (κ2) is 9.82. The van der Waals surface area contributed by atoms with E-state index in [1.165, 1.54) is 24.3 Å². The third-order valence-corrected chi connectivity index (χ3v) is 5.71. The summed E-state index contributed by atoms with van der Waals surface area (Å²) in [5, 5.41) is 13.4. The SMILES string of the molecule is Cc1ccc(N2C(=O)NC(=O)/C(=C\c3ccc(OCc4ccc(C(=O)[O-])cc4)cc3)C2=O)cc1Cl. The molecule has 4 rings (SSSR count). The number of hydrogen-bond acceptors (Lipinski definition) is 6. The molecule has 0 saturated carbocycles. The Hall–Kier alpha value is -4.43. The molecule has 4 amide bonds. The molecule has 0 aromatic heterocycles. The zero-order chi connectivity index (χ0) is 25.1. The van der Waals surface area contributed by atoms with Gasteiger partial charge in [0, 0.05) is 5.02 Å². The highest BCUT2D eigenvalue weighted by Crippen LogP contribution is 2.27. The smallest absolute Gasteiger partial charge is 0.335 e. The number of urea groups is 1. The zero-order valence-corrected chi connectivity index (χ0v) is 19.2. The summed E-state index contributed by atoms with van der Waals surface area (Å²) >= 11 is 6.13. The number of imide groups is 2. The molecule has 1 aliphatic rings. The van der Waals surface area contributed by atoms with Crippen molar-refractivity contribution < 1.29 is 29.0 Å². The number of carboxylic acids is 1. The van der Waals surface area contributed by atoms with Crippen LogP contribution in [-0.4, -0.2) is 23.8 Å². The van der Waals surface area contributed by atoms with Gasteiger partial charge in [-0.3, -0.25) is 14.9 Å². The number of hydrogen-bond donors (Lipinski definition) is 1. The van der Waals surface area contributed by atoms with Crippen LogP contribution < -0.4 is 20.1 Å². The number of nitrogens with one attached hydrogen (secondary N) is 1. The van der Waals surface area contributed by atoms with Gasteiger partial charge in [0.1, 0.15) is 17.9 Å². The monoisotopic (exact) mass is 489 g/mol. The third kappa shape index (κ3) is 5.23. The first kappa shape index (κ1) is 23.7. The highest BCUT2D eigenvalue weighted by Gasteiger charge is 2.36. The largest absolute Gasteiger partial charge is 0.545 e. The first-order valence-corrected chi connectivity index (χ1v) is 10.8. The van der Waals surface area contributed by atoms with Crippen LogP contribution in [0.5, 0.6) is 5.75 Å². The summed E-state index contributed by atoms with van der Waals surface area (Å²) in [6, 6.07) is 16.7. The van der Waals surface area contributed by atoms with Crippen LogP contribution in [0.25, 0.3) is 6.08 Å². The third-order valence-electron chi connectivity index (χ3n) is 5.30. The molecule has 3 aromatic rings. The van der Waals surface area contributed by atoms with E-state index in [0.717, 1.165) is 16.0 Å². The van der Waals surface area contributed by atoms with Gasteiger partial charge < -0.3 is 14.6 Å². The number of aryl methyl sites for hydroxylation is 1. The van der Waals surface area contributed by atoms with Crippen LogP contribution in [0.3, 0.4) is 0 Å². The van der Waals surface area contributed by atoms with Gasteiger partial charge in [-0.1, -0.05) is 54.1 Å². The number of benzene rings is 3. The second-order valence-electron chi connectivity index (χ2n) is 7.73. The van der Waals surface area contributed by atoms with Gasteiger partial charge in [-0.15, -0.1) is 0 Å². The Morgan fingerprint density at radius 3 is 2.34 bits per heavy atom. The number of halogens is 1. The lowest BCUT2D eigenvalue weighted by atomic mass is 10.1. The number of carbonyl (C=O) groups is 4. The summed E-state index contributed by atoms with van der Waals surface area (Å²) in [4.78, 5) is 49.4. The molecule has 1 fully saturated rings. The van der Waals surface area contributed by atoms with Gasteiger partial charge in [-0.05, 0) is 59.5 Å². The summed E-state index contributed by atoms with van der Waals surface area (Å²) in [5.74, 6) is -2.28. The molecule has 0 radical (unpaired) electrons. The molecular weight excluding hydrogens is 472 g/mol. The molecule has 9 heteroatoms. The molecule has 35 heavy (non-hydrogen) atoms. The molecule has 1 N–H and O–H groups in total. The highest BCUT2D eigenvalue weighted by atomic mass is 35.5. The summed E-state index contributed by atoms with van der Waals surface area (Å²) < 4.78 is 5.69. The van der Waals surface area contributed by atoms with Gasteiger partial charge in [0.25, 0.3) is 11.8 Å². The van der Waals surface area contributed by atoms with Crippen LogP contribution in [-0.2, 0) is 16.2 Å². The topological polar surface area (TPSA) is 116 Å². The zero-order valence-electron chi connectivity index (χ0n) is 18.4. The van der Waals surface area contributed by atoms with E-state index in [1.807, 2.05) is 0 Å². The number of nitrogens with zero attached hydrogens (tertiary/aromatic N) is 1. The van der Waals surface area contributed by atoms with E-state index in [2.05, 4.69) is 5.32 Å². The van der Waals surface area contributed by atoms with Crippen LogP contribution in [0.2, 0.25) is 5.02 Å². The fourth-order valence-electron chi connectivity index (χ4n) is 3.34. The number of amides is 4. The van der Waals surface area contributed by atoms with Crippen molar-refractivity contribution in [3.8, 4) is 5.75 Å². The van der Waals surface area contributed by atoms with E-state index >= 15 is 0 Å². The summed E-state index contributed by atoms with van der Waals surface area (Å²) in [5.41, 5.74) is 2.22. The summed E-state index contributed by atoms with van der Waals surface area (Å²) in [7, 11) is 0. The van der Waals surface area contributed by atoms with Crippen molar-refractivity contribution in [1.29, 1.82) is 0 Å². The quantitative estimate of drug-likeness (QED) is 0.419. The van der Waals surface area contributed by atoms with E-state index in [0.29, 0.717) is 16.3 Å². The second-order valence-corrected chi connectivity index (χ2v) is 8.14. The molecule has 8 nitrogen and oxygen atoms in total. The minimum atomic E-state index is -1.25. The van der Waals surface area contributed by atoms with E-state index in [-0.39, 0.29) is 23.4 Å². The van der Waals surface area contributed by atoms with Crippen molar-refractivity contribution in [2.45, 2.75) is 13.5 Å². The number of barbiturate groups is 1. The first-order valence-electron chi connectivity index (χ1n) is 10.4. The average molecular weight is 490 g/mol. The number of rotatable bonds is 6. The molecule has 3 aromatic carbocycles. The van der Waals surface area contributed by atoms with Crippen molar-refractivity contribution >= 4 is 47.2 Å². The fourth-order valence-corrected chi connectivity index (χ4v) is 3.52. The lowest BCUT2D eigenvalue weighted by Gasteiger charge is -2.26. The number of anilines is 1. The number of carbonyl (C=O) groups excluding carboxylic acids is 4. The van der Waals surface area contributed by atoms with E-state index < -0.39 is 23.8 Å². The number of carboxylic acid groups (broad SMARTS) is 1. The van der Waals surface area contributed by atoms with Crippen LogP contribution in [0.1, 0.15) is 27.0 Å². The first-order chi connectivity index (χ1) is 16.7. The predicted octanol–water partition coefficient (Wildman–Crippen LogP) is 3.26. The minimum absolute atomic E-state index is 0.0816. The Labute approximate surface area is 205 Å². The van der Waals surface area contributed by atoms with Gasteiger partial charge in [0.05, 0.1) is 11.7 Å². The maximum atomic E-state index is 13.0. The molecular formula is C26H18ClN2O6-. The van der Waals surface area contributed by atoms with E-state index in [4.69, 9.17) is 16.3 Å². The predicted molar refractivity (Wildman–Crippen MR) is 127 cm³/mol. The molecule has 1 aliphatic heterocycles. The Kier molecular flexibility index (Phi) is 6.66. The molecule has 0 atom stereocenters. The van der Waals surface area contributed by atoms with Crippen molar-refractivity contribution in [3.05, 3.63) is 99.6 Å². The Balaban J connectivity index is 1.49. The maximum Gasteiger partial charge on any atom is 0.335 e. The van der Waals surface area contributed by atoms with Gasteiger partial charge >= 0.3 is 6.03 Å². The summed E-state index contributed by atoms with van der Waals surface area (Å²) in [6.45, 7) is 2.00. The molecule has 1 saturated heterocycles. The fraction of sp³-hybridized carbons (Fsp3) is 0.0769. The Morgan fingerprint density at radius 2 is 1.71 bits per heavy atom. The van der Waals surface area contributed by atoms with Crippen LogP contribution in [0.4, 0.5) is 10.5 Å². The van der Waals surface area contributed by atoms with Crippen LogP contribution in [0, 0.1) is 6.92 Å². The van der Waals surface area contributed by atoms with E-state index in [1.54, 1.807) is 55.5 Å². The molecule has 0 unspecified atom stereocenters. The van der Waals surface area contributed by atoms with Crippen LogP contribution >= 0.6 is 11.6 Å². The van der Waals surface area contributed by atoms with Gasteiger partial charge in [-0.25, -0.2) is 9.69 Å². The lowest BCUT2D eigenvalue weighted by Crippen LogP contribution is -2.54. The molecule has 0 spiro atoms. The Bertz CT molecular complexity index is 1360. The lowest BCUT2D eigenvalue weighted by molar-refractivity contribution is -0.255. The molecule has 0 bridgehead atoms. The number of aromatic carboxylic acids is 1. The standard InChI is InChI=1S/C26H19ClN2O6/c1-15-2-9-19(13-22(15)27)29-24(31)21(23(30)28-26(29)34)12-16-5-10-20(11-6-16)35-14-17-3-7-18(8-4-17)25(32)33/h2-13H,14H2,1H3,(H,32,33)(H,28,30,34)/p-1/b21-12+. The van der Waals surface area contributed by atoms with Crippen molar-refractivity contribution in [1.82, 2.24) is 5.32 Å². The van der Waals surface area contributed by atoms with Crippen LogP contribution in [0.15, 0.2) is 72.3 Å². The average Bonchev–Trinajstić information content (AvgIpc) is 2.83. The molecule has 176 valence electrons. The van der Waals surface area contributed by atoms with Crippen molar-refractivity contribution in [3.63, 3.8) is 0 Å². The highest BCUT2D eigenvalue weighted by molar-refractivity contribution is 6.39. The van der Waals surface area contributed by atoms with Gasteiger partial charge in [0.2, 0.25) is 0 Å². The molecule has 1 heterocycles. The normalized spacial score (nSPS) is 14.7. The van der Waals surface area contributed by atoms with Crippen molar-refractivity contribution in [2.75, 3.05) is 4.90 Å². The Morgan fingerprint density at radius 1 is 1.03 bits per heavy atom.